The maximum Gasteiger partial charge on any atom is 0.282 e. The summed E-state index contributed by atoms with van der Waals surface area (Å²) in [5.74, 6) is -0.334. The van der Waals surface area contributed by atoms with E-state index in [1.807, 2.05) is 6.92 Å². The van der Waals surface area contributed by atoms with Gasteiger partial charge in [-0.3, -0.25) is 4.79 Å². The lowest BCUT2D eigenvalue weighted by Gasteiger charge is -2.25. The van der Waals surface area contributed by atoms with E-state index in [0.29, 0.717) is 11.1 Å². The average Bonchev–Trinajstić information content (AvgIpc) is 2.57. The number of fused-ring (bicyclic) bond motifs is 1. The van der Waals surface area contributed by atoms with Crippen molar-refractivity contribution in [3.05, 3.63) is 65.2 Å². The Labute approximate surface area is 150 Å². The number of hydrogen-bond acceptors (Lipinski definition) is 3. The topological polar surface area (TPSA) is 63.6 Å². The molecule has 2 aromatic rings. The molecular formula is C17H13Cl2NO3S. The molecule has 0 radical (unpaired) electrons. The van der Waals surface area contributed by atoms with Gasteiger partial charge in [0.05, 0.1) is 10.6 Å². The molecule has 0 bridgehead atoms. The zero-order chi connectivity index (χ0) is 17.5. The number of rotatable bonds is 2. The fraction of sp³-hybridized carbons (Fsp3) is 0.176. The van der Waals surface area contributed by atoms with Crippen LogP contribution >= 0.6 is 23.2 Å². The number of Topliss-reactive ketones (excluding diaryl/α,β-unsaturated/α-hetero) is 1. The SMILES string of the molecule is Cc1ccc(S(=O)(=O)N=C2c3ccccc3C(=O)[C@H](Cl)[C@@H]2Cl)cc1. The van der Waals surface area contributed by atoms with Crippen LogP contribution in [0.15, 0.2) is 57.8 Å². The number of sulfonamides is 1. The second-order valence-corrected chi connectivity index (χ2v) is 8.02. The average molecular weight is 382 g/mol. The van der Waals surface area contributed by atoms with E-state index in [9.17, 15) is 13.2 Å². The minimum Gasteiger partial charge on any atom is -0.292 e. The largest absolute Gasteiger partial charge is 0.292 e. The first kappa shape index (κ1) is 17.1. The first-order valence-corrected chi connectivity index (χ1v) is 9.46. The van der Waals surface area contributed by atoms with Gasteiger partial charge in [-0.1, -0.05) is 42.0 Å². The summed E-state index contributed by atoms with van der Waals surface area (Å²) in [6.07, 6.45) is 0. The minimum absolute atomic E-state index is 0.0602. The second-order valence-electron chi connectivity index (χ2n) is 5.48. The Bertz CT molecular complexity index is 937. The summed E-state index contributed by atoms with van der Waals surface area (Å²) < 4.78 is 29.1. The van der Waals surface area contributed by atoms with Crippen LogP contribution in [0.3, 0.4) is 0 Å². The van der Waals surface area contributed by atoms with Gasteiger partial charge in [0.2, 0.25) is 0 Å². The van der Waals surface area contributed by atoms with Gasteiger partial charge in [0, 0.05) is 11.1 Å². The summed E-state index contributed by atoms with van der Waals surface area (Å²) in [7, 11) is -3.96. The monoisotopic (exact) mass is 381 g/mol. The Morgan fingerprint density at radius 3 is 2.12 bits per heavy atom. The molecule has 0 saturated carbocycles. The van der Waals surface area contributed by atoms with E-state index in [4.69, 9.17) is 23.2 Å². The lowest BCUT2D eigenvalue weighted by atomic mass is 9.88. The number of halogens is 2. The van der Waals surface area contributed by atoms with Crippen molar-refractivity contribution in [2.45, 2.75) is 22.6 Å². The highest BCUT2D eigenvalue weighted by molar-refractivity contribution is 7.90. The van der Waals surface area contributed by atoms with Crippen LogP contribution in [0.4, 0.5) is 0 Å². The molecule has 0 spiro atoms. The summed E-state index contributed by atoms with van der Waals surface area (Å²) in [6, 6.07) is 12.9. The number of aryl methyl sites for hydroxylation is 1. The van der Waals surface area contributed by atoms with E-state index in [-0.39, 0.29) is 16.4 Å². The molecule has 0 heterocycles. The van der Waals surface area contributed by atoms with Crippen molar-refractivity contribution >= 4 is 44.7 Å². The highest BCUT2D eigenvalue weighted by Gasteiger charge is 2.38. The Balaban J connectivity index is 2.16. The first-order valence-electron chi connectivity index (χ1n) is 7.14. The summed E-state index contributed by atoms with van der Waals surface area (Å²) >= 11 is 12.3. The molecular weight excluding hydrogens is 369 g/mol. The number of nitrogens with zero attached hydrogens (tertiary/aromatic N) is 1. The van der Waals surface area contributed by atoms with Crippen molar-refractivity contribution < 1.29 is 13.2 Å². The molecule has 1 aliphatic carbocycles. The predicted molar refractivity (Wildman–Crippen MR) is 95.0 cm³/mol. The molecule has 0 fully saturated rings. The Hall–Kier alpha value is -1.69. The third kappa shape index (κ3) is 2.99. The molecule has 0 N–H and O–H groups in total. The van der Waals surface area contributed by atoms with E-state index >= 15 is 0 Å². The summed E-state index contributed by atoms with van der Waals surface area (Å²) in [5, 5.41) is -2.08. The van der Waals surface area contributed by atoms with E-state index < -0.39 is 20.8 Å². The third-order valence-electron chi connectivity index (χ3n) is 3.77. The van der Waals surface area contributed by atoms with Crippen LogP contribution in [0.5, 0.6) is 0 Å². The molecule has 2 atom stereocenters. The molecule has 1 aliphatic rings. The van der Waals surface area contributed by atoms with E-state index in [2.05, 4.69) is 4.40 Å². The first-order chi connectivity index (χ1) is 11.3. The van der Waals surface area contributed by atoms with Gasteiger partial charge >= 0.3 is 0 Å². The van der Waals surface area contributed by atoms with Crippen LogP contribution in [0.25, 0.3) is 0 Å². The molecule has 0 aromatic heterocycles. The van der Waals surface area contributed by atoms with Crippen LogP contribution in [-0.4, -0.2) is 30.7 Å². The molecule has 0 saturated heterocycles. The van der Waals surface area contributed by atoms with Crippen LogP contribution < -0.4 is 0 Å². The van der Waals surface area contributed by atoms with Crippen LogP contribution in [-0.2, 0) is 10.0 Å². The summed E-state index contributed by atoms with van der Waals surface area (Å²) in [4.78, 5) is 12.3. The maximum atomic E-state index is 12.6. The lowest BCUT2D eigenvalue weighted by Crippen LogP contribution is -2.39. The quantitative estimate of drug-likeness (QED) is 0.746. The van der Waals surface area contributed by atoms with Gasteiger partial charge in [-0.05, 0) is 19.1 Å². The van der Waals surface area contributed by atoms with Gasteiger partial charge in [0.15, 0.2) is 5.78 Å². The zero-order valence-electron chi connectivity index (χ0n) is 12.6. The molecule has 124 valence electrons. The maximum absolute atomic E-state index is 12.6. The minimum atomic E-state index is -3.96. The summed E-state index contributed by atoms with van der Waals surface area (Å²) in [6.45, 7) is 1.86. The van der Waals surface area contributed by atoms with E-state index in [1.54, 1.807) is 36.4 Å². The standard InChI is InChI=1S/C17H13Cl2NO3S/c1-10-6-8-11(9-7-10)24(22,23)20-16-12-4-2-3-5-13(12)17(21)15(19)14(16)18/h2-9,14-15H,1H3/t14-,15+/m0/s1. The molecule has 0 amide bonds. The number of alkyl halides is 2. The normalized spacial score (nSPS) is 22.5. The highest BCUT2D eigenvalue weighted by atomic mass is 35.5. The van der Waals surface area contributed by atoms with Crippen molar-refractivity contribution in [1.29, 1.82) is 0 Å². The smallest absolute Gasteiger partial charge is 0.282 e. The van der Waals surface area contributed by atoms with Gasteiger partial charge in [-0.25, -0.2) is 0 Å². The van der Waals surface area contributed by atoms with Crippen LogP contribution in [0.2, 0.25) is 0 Å². The van der Waals surface area contributed by atoms with Gasteiger partial charge in [0.1, 0.15) is 10.8 Å². The fourth-order valence-electron chi connectivity index (χ4n) is 2.48. The molecule has 2 aromatic carbocycles. The number of benzene rings is 2. The summed E-state index contributed by atoms with van der Waals surface area (Å²) in [5.41, 5.74) is 1.75. The predicted octanol–water partition coefficient (Wildman–Crippen LogP) is 3.58. The van der Waals surface area contributed by atoms with Crippen molar-refractivity contribution in [2.75, 3.05) is 0 Å². The van der Waals surface area contributed by atoms with Gasteiger partial charge in [-0.15, -0.1) is 23.2 Å². The van der Waals surface area contributed by atoms with Gasteiger partial charge in [0.25, 0.3) is 10.0 Å². The second kappa shape index (κ2) is 6.31. The zero-order valence-corrected chi connectivity index (χ0v) is 14.9. The van der Waals surface area contributed by atoms with Crippen molar-refractivity contribution in [2.24, 2.45) is 4.40 Å². The van der Waals surface area contributed by atoms with Crippen molar-refractivity contribution in [3.8, 4) is 0 Å². The van der Waals surface area contributed by atoms with E-state index in [0.717, 1.165) is 5.56 Å². The molecule has 24 heavy (non-hydrogen) atoms. The van der Waals surface area contributed by atoms with Gasteiger partial charge in [-0.2, -0.15) is 12.8 Å². The lowest BCUT2D eigenvalue weighted by molar-refractivity contribution is 0.0987. The van der Waals surface area contributed by atoms with Crippen molar-refractivity contribution in [3.63, 3.8) is 0 Å². The molecule has 0 unspecified atom stereocenters. The molecule has 0 aliphatic heterocycles. The molecule has 3 rings (SSSR count). The Kier molecular flexibility index (Phi) is 4.51. The Morgan fingerprint density at radius 1 is 0.917 bits per heavy atom. The van der Waals surface area contributed by atoms with Crippen LogP contribution in [0.1, 0.15) is 21.5 Å². The molecule has 7 heteroatoms. The van der Waals surface area contributed by atoms with Crippen molar-refractivity contribution in [1.82, 2.24) is 0 Å². The van der Waals surface area contributed by atoms with Crippen LogP contribution in [0, 0.1) is 6.92 Å². The third-order valence-corrected chi connectivity index (χ3v) is 6.12. The number of ketones is 1. The fourth-order valence-corrected chi connectivity index (χ4v) is 4.11. The van der Waals surface area contributed by atoms with E-state index in [1.165, 1.54) is 12.1 Å². The molecule has 4 nitrogen and oxygen atoms in total. The number of carbonyl (C=O) groups excluding carboxylic acids is 1. The highest BCUT2D eigenvalue weighted by Crippen LogP contribution is 2.30. The van der Waals surface area contributed by atoms with Gasteiger partial charge < -0.3 is 0 Å². The Morgan fingerprint density at radius 2 is 1.50 bits per heavy atom. The number of hydrogen-bond donors (Lipinski definition) is 0. The number of carbonyl (C=O) groups is 1.